The summed E-state index contributed by atoms with van der Waals surface area (Å²) in [6.07, 6.45) is -2.79. The number of hydrogen-bond acceptors (Lipinski definition) is 10. The zero-order valence-electron chi connectivity index (χ0n) is 32.2. The van der Waals surface area contributed by atoms with Gasteiger partial charge in [-0.05, 0) is 122 Å². The van der Waals surface area contributed by atoms with Gasteiger partial charge in [0, 0.05) is 38.3 Å². The van der Waals surface area contributed by atoms with Crippen molar-refractivity contribution in [3.63, 3.8) is 0 Å². The first-order chi connectivity index (χ1) is 27.3. The van der Waals surface area contributed by atoms with Crippen molar-refractivity contribution in [3.05, 3.63) is 77.2 Å². The van der Waals surface area contributed by atoms with Crippen LogP contribution in [-0.2, 0) is 17.3 Å². The first-order valence-electron chi connectivity index (χ1n) is 20.4. The number of phenolic OH excluding ortho intramolecular Hbond substituents is 1. The van der Waals surface area contributed by atoms with Crippen molar-refractivity contribution in [2.24, 2.45) is 23.2 Å². The third kappa shape index (κ3) is 8.17. The Balaban J connectivity index is 0.804. The van der Waals surface area contributed by atoms with Crippen LogP contribution in [0, 0.1) is 29.0 Å². The molecule has 8 rings (SSSR count). The second kappa shape index (κ2) is 16.2. The highest BCUT2D eigenvalue weighted by Gasteiger charge is 2.56. The minimum absolute atomic E-state index is 0.0127. The molecule has 5 aliphatic rings. The zero-order chi connectivity index (χ0) is 40.1. The van der Waals surface area contributed by atoms with Crippen molar-refractivity contribution in [3.8, 4) is 17.4 Å². The molecule has 2 saturated carbocycles. The summed E-state index contributed by atoms with van der Waals surface area (Å²) in [6, 6.07) is 13.7. The quantitative estimate of drug-likeness (QED) is 0.183. The summed E-state index contributed by atoms with van der Waals surface area (Å²) < 4.78 is 71.3. The normalized spacial score (nSPS) is 33.0. The van der Waals surface area contributed by atoms with E-state index >= 15 is 4.39 Å². The molecule has 0 spiro atoms. The maximum absolute atomic E-state index is 15.4. The van der Waals surface area contributed by atoms with Gasteiger partial charge in [-0.15, -0.1) is 0 Å². The Morgan fingerprint density at radius 2 is 1.77 bits per heavy atom. The van der Waals surface area contributed by atoms with Crippen molar-refractivity contribution in [1.82, 2.24) is 9.88 Å². The third-order valence-electron chi connectivity index (χ3n) is 13.8. The van der Waals surface area contributed by atoms with E-state index in [0.717, 1.165) is 76.7 Å². The fourth-order valence-corrected chi connectivity index (χ4v) is 10.7. The molecule has 3 aliphatic carbocycles. The Hall–Kier alpha value is -3.69. The van der Waals surface area contributed by atoms with Gasteiger partial charge in [0.2, 0.25) is 5.88 Å². The summed E-state index contributed by atoms with van der Waals surface area (Å²) in [5.41, 5.74) is 2.00. The van der Waals surface area contributed by atoms with Crippen LogP contribution >= 0.6 is 0 Å². The topological polar surface area (TPSA) is 128 Å². The Kier molecular flexibility index (Phi) is 11.4. The van der Waals surface area contributed by atoms with Crippen LogP contribution in [0.1, 0.15) is 68.2 Å². The lowest BCUT2D eigenvalue weighted by Crippen LogP contribution is -2.56. The summed E-state index contributed by atoms with van der Waals surface area (Å²) in [7, 11) is 0. The standard InChI is InChI=1S/C43H53F4N3O7/c1-42-14-13-30-29-9-7-27(51)21-26(29)20-25(39(30)31(42)10-12-37(42)52)4-3-15-49-16-18-50(19-17-49)33-11-8-28(22-32(33)44)55-23-34-40(53)41(54)35(24-56-34)57-38-6-2-5-36(48-38)43(45,46)47/h2,5-9,11,21-22,25,30-31,34-35,37,39-41,51-54H,3-4,10,12-20,23-24H2,1H3/t25?,30?,31?,34-,35+,37+,39?,40+,41-,42+/m1/s1. The van der Waals surface area contributed by atoms with Crippen LogP contribution in [0.2, 0.25) is 0 Å². The Labute approximate surface area is 330 Å². The lowest BCUT2D eigenvalue weighted by Gasteiger charge is -2.53. The van der Waals surface area contributed by atoms with E-state index in [9.17, 15) is 33.6 Å². The number of alkyl halides is 3. The Morgan fingerprint density at radius 3 is 2.54 bits per heavy atom. The van der Waals surface area contributed by atoms with Gasteiger partial charge < -0.3 is 39.5 Å². The number of aliphatic hydroxyl groups excluding tert-OH is 3. The summed E-state index contributed by atoms with van der Waals surface area (Å²) >= 11 is 0. The van der Waals surface area contributed by atoms with Gasteiger partial charge in [0.25, 0.3) is 0 Å². The molecule has 4 unspecified atom stereocenters. The van der Waals surface area contributed by atoms with Crippen molar-refractivity contribution in [1.29, 1.82) is 0 Å². The second-order valence-corrected chi connectivity index (χ2v) is 17.0. The molecule has 57 heavy (non-hydrogen) atoms. The molecule has 10 nitrogen and oxygen atoms in total. The molecule has 4 fully saturated rings. The molecule has 2 aliphatic heterocycles. The monoisotopic (exact) mass is 799 g/mol. The molecule has 2 aromatic carbocycles. The fourth-order valence-electron chi connectivity index (χ4n) is 10.7. The summed E-state index contributed by atoms with van der Waals surface area (Å²) in [6.45, 7) is 5.81. The average molecular weight is 800 g/mol. The highest BCUT2D eigenvalue weighted by atomic mass is 19.4. The van der Waals surface area contributed by atoms with Crippen LogP contribution in [0.15, 0.2) is 54.6 Å². The molecule has 310 valence electrons. The van der Waals surface area contributed by atoms with Crippen molar-refractivity contribution in [2.75, 3.05) is 50.8 Å². The molecule has 2 saturated heterocycles. The van der Waals surface area contributed by atoms with Gasteiger partial charge in [-0.1, -0.05) is 19.1 Å². The molecule has 3 aromatic rings. The van der Waals surface area contributed by atoms with E-state index in [0.29, 0.717) is 48.2 Å². The van der Waals surface area contributed by atoms with Crippen LogP contribution in [0.5, 0.6) is 17.4 Å². The molecule has 0 radical (unpaired) electrons. The van der Waals surface area contributed by atoms with Crippen molar-refractivity contribution < 1.29 is 52.2 Å². The number of hydrogen-bond donors (Lipinski definition) is 4. The SMILES string of the molecule is C[C@]12CCC3c4ccc(O)cc4CC(CCCN4CCN(c5ccc(OC[C@H]6OC[C@H](Oc7cccc(C(F)(F)F)n7)[C@@H](O)[C@H]6O)cc5F)CC4)C3C1CC[C@@H]2O. The molecule has 0 amide bonds. The van der Waals surface area contributed by atoms with Crippen LogP contribution in [0.3, 0.4) is 0 Å². The van der Waals surface area contributed by atoms with Crippen LogP contribution < -0.4 is 14.4 Å². The number of nitrogens with zero attached hydrogens (tertiary/aromatic N) is 3. The van der Waals surface area contributed by atoms with Gasteiger partial charge in [0.05, 0.1) is 18.4 Å². The predicted molar refractivity (Wildman–Crippen MR) is 203 cm³/mol. The largest absolute Gasteiger partial charge is 0.508 e. The number of rotatable bonds is 10. The van der Waals surface area contributed by atoms with E-state index in [-0.39, 0.29) is 36.4 Å². The number of halogens is 4. The maximum Gasteiger partial charge on any atom is 0.433 e. The highest BCUT2D eigenvalue weighted by Crippen LogP contribution is 2.62. The molecule has 1 aromatic heterocycles. The van der Waals surface area contributed by atoms with E-state index in [1.807, 2.05) is 17.0 Å². The smallest absolute Gasteiger partial charge is 0.433 e. The van der Waals surface area contributed by atoms with E-state index in [1.54, 1.807) is 12.1 Å². The second-order valence-electron chi connectivity index (χ2n) is 17.0. The number of aromatic nitrogens is 1. The van der Waals surface area contributed by atoms with Gasteiger partial charge in [-0.25, -0.2) is 9.37 Å². The van der Waals surface area contributed by atoms with E-state index < -0.39 is 42.1 Å². The lowest BCUT2D eigenvalue weighted by atomic mass is 9.52. The number of ether oxygens (including phenoxy) is 3. The van der Waals surface area contributed by atoms with E-state index in [1.165, 1.54) is 23.3 Å². The number of fused-ring (bicyclic) bond motifs is 5. The summed E-state index contributed by atoms with van der Waals surface area (Å²) in [4.78, 5) is 7.91. The minimum Gasteiger partial charge on any atom is -0.508 e. The van der Waals surface area contributed by atoms with Crippen LogP contribution in [0.4, 0.5) is 23.2 Å². The average Bonchev–Trinajstić information content (AvgIpc) is 3.49. The lowest BCUT2D eigenvalue weighted by molar-refractivity contribution is -0.187. The van der Waals surface area contributed by atoms with Gasteiger partial charge in [0.1, 0.15) is 47.9 Å². The molecule has 3 heterocycles. The highest BCUT2D eigenvalue weighted by molar-refractivity contribution is 5.51. The van der Waals surface area contributed by atoms with Gasteiger partial charge in [-0.2, -0.15) is 13.2 Å². The first kappa shape index (κ1) is 40.1. The van der Waals surface area contributed by atoms with Crippen LogP contribution in [-0.4, -0.2) is 107 Å². The van der Waals surface area contributed by atoms with Gasteiger partial charge in [-0.3, -0.25) is 4.90 Å². The van der Waals surface area contributed by atoms with E-state index in [2.05, 4.69) is 22.9 Å². The van der Waals surface area contributed by atoms with Crippen LogP contribution in [0.25, 0.3) is 0 Å². The van der Waals surface area contributed by atoms with Gasteiger partial charge >= 0.3 is 6.18 Å². The number of piperazine rings is 1. The fraction of sp³-hybridized carbons (Fsp3) is 0.605. The predicted octanol–water partition coefficient (Wildman–Crippen LogP) is 5.94. The number of pyridine rings is 1. The first-order valence-corrected chi connectivity index (χ1v) is 20.4. The van der Waals surface area contributed by atoms with E-state index in [4.69, 9.17) is 14.2 Å². The third-order valence-corrected chi connectivity index (χ3v) is 13.8. The minimum atomic E-state index is -4.67. The van der Waals surface area contributed by atoms with Crippen molar-refractivity contribution >= 4 is 5.69 Å². The van der Waals surface area contributed by atoms with Crippen molar-refractivity contribution in [2.45, 2.75) is 94.5 Å². The molecular weight excluding hydrogens is 746 g/mol. The number of aromatic hydroxyl groups is 1. The maximum atomic E-state index is 15.4. The molecule has 4 N–H and O–H groups in total. The Bertz CT molecular complexity index is 1880. The summed E-state index contributed by atoms with van der Waals surface area (Å²) in [5.74, 6) is 1.80. The molecular formula is C43H53F4N3O7. The number of benzene rings is 2. The zero-order valence-corrected chi connectivity index (χ0v) is 32.2. The van der Waals surface area contributed by atoms with Gasteiger partial charge in [0.15, 0.2) is 6.10 Å². The number of anilines is 1. The Morgan fingerprint density at radius 1 is 0.965 bits per heavy atom. The molecule has 10 atom stereocenters. The summed E-state index contributed by atoms with van der Waals surface area (Å²) in [5, 5.41) is 42.6. The number of phenols is 1. The molecule has 0 bridgehead atoms. The molecule has 14 heteroatoms. The number of aliphatic hydroxyl groups is 3.